The van der Waals surface area contributed by atoms with Crippen LogP contribution >= 0.6 is 0 Å². The van der Waals surface area contributed by atoms with E-state index in [0.29, 0.717) is 30.5 Å². The Bertz CT molecular complexity index is 847. The Hall–Kier alpha value is -2.09. The van der Waals surface area contributed by atoms with Gasteiger partial charge in [-0.15, -0.1) is 5.10 Å². The van der Waals surface area contributed by atoms with Crippen molar-refractivity contribution in [1.82, 2.24) is 19.2 Å². The van der Waals surface area contributed by atoms with E-state index >= 15 is 0 Å². The Morgan fingerprint density at radius 2 is 1.74 bits per heavy atom. The molecular weight excluding hydrogens is 357 g/mol. The molecule has 146 valence electrons. The SMILES string of the molecule is O=c1n(-c2ccc(C(F)(F)F)cc2)nc2n1CCN(CC1CCCCC1)C2. The summed E-state index contributed by atoms with van der Waals surface area (Å²) in [5.74, 6) is 1.40. The first kappa shape index (κ1) is 18.3. The van der Waals surface area contributed by atoms with Gasteiger partial charge in [0.15, 0.2) is 0 Å². The van der Waals surface area contributed by atoms with Crippen LogP contribution in [-0.2, 0) is 19.3 Å². The van der Waals surface area contributed by atoms with Gasteiger partial charge in [0.25, 0.3) is 0 Å². The summed E-state index contributed by atoms with van der Waals surface area (Å²) in [4.78, 5) is 15.0. The van der Waals surface area contributed by atoms with Crippen LogP contribution < -0.4 is 5.69 Å². The van der Waals surface area contributed by atoms with Gasteiger partial charge in [-0.25, -0.2) is 4.79 Å². The molecule has 0 bridgehead atoms. The minimum atomic E-state index is -4.39. The zero-order valence-electron chi connectivity index (χ0n) is 15.1. The maximum Gasteiger partial charge on any atom is 0.416 e. The number of halogens is 3. The van der Waals surface area contributed by atoms with Crippen molar-refractivity contribution in [2.45, 2.75) is 51.4 Å². The van der Waals surface area contributed by atoms with E-state index in [9.17, 15) is 18.0 Å². The number of alkyl halides is 3. The van der Waals surface area contributed by atoms with E-state index < -0.39 is 11.7 Å². The summed E-state index contributed by atoms with van der Waals surface area (Å²) in [6.45, 7) is 3.02. The van der Waals surface area contributed by atoms with Gasteiger partial charge in [-0.05, 0) is 43.0 Å². The molecule has 27 heavy (non-hydrogen) atoms. The lowest BCUT2D eigenvalue weighted by Crippen LogP contribution is -2.40. The van der Waals surface area contributed by atoms with Gasteiger partial charge in [0, 0.05) is 19.6 Å². The van der Waals surface area contributed by atoms with Gasteiger partial charge >= 0.3 is 11.9 Å². The summed E-state index contributed by atoms with van der Waals surface area (Å²) in [5.41, 5.74) is -0.669. The molecule has 2 aromatic rings. The van der Waals surface area contributed by atoms with Crippen LogP contribution in [0, 0.1) is 5.92 Å². The van der Waals surface area contributed by atoms with Crippen LogP contribution in [0.4, 0.5) is 13.2 Å². The first-order chi connectivity index (χ1) is 12.9. The quantitative estimate of drug-likeness (QED) is 0.819. The Labute approximate surface area is 155 Å². The highest BCUT2D eigenvalue weighted by molar-refractivity contribution is 5.34. The van der Waals surface area contributed by atoms with E-state index in [1.165, 1.54) is 48.9 Å². The van der Waals surface area contributed by atoms with Gasteiger partial charge in [-0.2, -0.15) is 17.9 Å². The van der Waals surface area contributed by atoms with Gasteiger partial charge in [0.05, 0.1) is 17.8 Å². The van der Waals surface area contributed by atoms with Crippen molar-refractivity contribution >= 4 is 0 Å². The lowest BCUT2D eigenvalue weighted by atomic mass is 9.89. The molecule has 0 unspecified atom stereocenters. The molecule has 5 nitrogen and oxygen atoms in total. The molecule has 2 heterocycles. The zero-order chi connectivity index (χ0) is 19.0. The molecule has 0 radical (unpaired) electrons. The van der Waals surface area contributed by atoms with E-state index in [4.69, 9.17) is 0 Å². The fourth-order valence-corrected chi connectivity index (χ4v) is 4.15. The second-order valence-electron chi connectivity index (χ2n) is 7.55. The van der Waals surface area contributed by atoms with Crippen LogP contribution in [0.25, 0.3) is 5.69 Å². The molecule has 2 aliphatic rings. The summed E-state index contributed by atoms with van der Waals surface area (Å²) in [6, 6.07) is 4.55. The molecule has 1 saturated carbocycles. The topological polar surface area (TPSA) is 43.1 Å². The van der Waals surface area contributed by atoms with E-state index in [1.54, 1.807) is 4.57 Å². The monoisotopic (exact) mass is 380 g/mol. The molecule has 0 N–H and O–H groups in total. The van der Waals surface area contributed by atoms with Gasteiger partial charge < -0.3 is 0 Å². The lowest BCUT2D eigenvalue weighted by molar-refractivity contribution is -0.137. The third-order valence-corrected chi connectivity index (χ3v) is 5.62. The van der Waals surface area contributed by atoms with Crippen LogP contribution in [0.15, 0.2) is 29.1 Å². The van der Waals surface area contributed by atoms with Crippen molar-refractivity contribution < 1.29 is 13.2 Å². The number of nitrogens with zero attached hydrogens (tertiary/aromatic N) is 4. The van der Waals surface area contributed by atoms with Crippen molar-refractivity contribution in [3.63, 3.8) is 0 Å². The van der Waals surface area contributed by atoms with E-state index in [0.717, 1.165) is 25.2 Å². The van der Waals surface area contributed by atoms with Crippen molar-refractivity contribution in [2.75, 3.05) is 13.1 Å². The number of fused-ring (bicyclic) bond motifs is 1. The summed E-state index contributed by atoms with van der Waals surface area (Å²) in [6.07, 6.45) is 2.06. The van der Waals surface area contributed by atoms with Crippen LogP contribution in [0.2, 0.25) is 0 Å². The van der Waals surface area contributed by atoms with Gasteiger partial charge in [0.2, 0.25) is 0 Å². The minimum Gasteiger partial charge on any atom is -0.294 e. The molecule has 1 aliphatic carbocycles. The average Bonchev–Trinajstić information content (AvgIpc) is 2.98. The average molecular weight is 380 g/mol. The highest BCUT2D eigenvalue weighted by Gasteiger charge is 2.30. The largest absolute Gasteiger partial charge is 0.416 e. The maximum absolute atomic E-state index is 12.7. The summed E-state index contributed by atoms with van der Waals surface area (Å²) in [7, 11) is 0. The summed E-state index contributed by atoms with van der Waals surface area (Å²) in [5, 5.41) is 4.40. The number of aromatic nitrogens is 3. The molecule has 1 aliphatic heterocycles. The third-order valence-electron chi connectivity index (χ3n) is 5.62. The maximum atomic E-state index is 12.7. The Morgan fingerprint density at radius 3 is 2.41 bits per heavy atom. The van der Waals surface area contributed by atoms with Gasteiger partial charge in [0.1, 0.15) is 5.82 Å². The molecule has 4 rings (SSSR count). The molecule has 1 aromatic carbocycles. The van der Waals surface area contributed by atoms with Crippen LogP contribution in [0.1, 0.15) is 43.5 Å². The number of rotatable bonds is 3. The summed E-state index contributed by atoms with van der Waals surface area (Å²) < 4.78 is 41.0. The van der Waals surface area contributed by atoms with E-state index in [-0.39, 0.29) is 5.69 Å². The summed E-state index contributed by atoms with van der Waals surface area (Å²) >= 11 is 0. The smallest absolute Gasteiger partial charge is 0.294 e. The first-order valence-electron chi connectivity index (χ1n) is 9.50. The van der Waals surface area contributed by atoms with Gasteiger partial charge in [-0.1, -0.05) is 19.3 Å². The molecule has 0 atom stereocenters. The van der Waals surface area contributed by atoms with Crippen molar-refractivity contribution in [3.05, 3.63) is 46.1 Å². The standard InChI is InChI=1S/C19H23F3N4O/c20-19(21,22)15-6-8-16(9-7-15)26-18(27)25-11-10-24(13-17(25)23-26)12-14-4-2-1-3-5-14/h6-9,14H,1-5,10-13H2. The molecule has 1 fully saturated rings. The fourth-order valence-electron chi connectivity index (χ4n) is 4.15. The van der Waals surface area contributed by atoms with Gasteiger partial charge in [-0.3, -0.25) is 9.47 Å². The second kappa shape index (κ2) is 7.14. The second-order valence-corrected chi connectivity index (χ2v) is 7.55. The first-order valence-corrected chi connectivity index (χ1v) is 9.50. The highest BCUT2D eigenvalue weighted by atomic mass is 19.4. The van der Waals surface area contributed by atoms with Crippen LogP contribution in [-0.4, -0.2) is 32.3 Å². The fraction of sp³-hybridized carbons (Fsp3) is 0.579. The molecule has 0 amide bonds. The van der Waals surface area contributed by atoms with E-state index in [2.05, 4.69) is 10.00 Å². The van der Waals surface area contributed by atoms with Crippen LogP contribution in [0.5, 0.6) is 0 Å². The molecular formula is C19H23F3N4O. The van der Waals surface area contributed by atoms with Crippen molar-refractivity contribution in [2.24, 2.45) is 5.92 Å². The van der Waals surface area contributed by atoms with Crippen LogP contribution in [0.3, 0.4) is 0 Å². The van der Waals surface area contributed by atoms with Crippen molar-refractivity contribution in [3.8, 4) is 5.69 Å². The normalized spacial score (nSPS) is 19.2. The lowest BCUT2D eigenvalue weighted by Gasteiger charge is -2.31. The zero-order valence-corrected chi connectivity index (χ0v) is 15.1. The molecule has 0 spiro atoms. The molecule has 8 heteroatoms. The highest BCUT2D eigenvalue weighted by Crippen LogP contribution is 2.29. The number of benzene rings is 1. The minimum absolute atomic E-state index is 0.290. The third kappa shape index (κ3) is 3.81. The Morgan fingerprint density at radius 1 is 1.04 bits per heavy atom. The predicted octanol–water partition coefficient (Wildman–Crippen LogP) is 3.45. The van der Waals surface area contributed by atoms with Crippen molar-refractivity contribution in [1.29, 1.82) is 0 Å². The van der Waals surface area contributed by atoms with E-state index in [1.807, 2.05) is 0 Å². The Kier molecular flexibility index (Phi) is 4.84. The number of hydrogen-bond donors (Lipinski definition) is 0. The molecule has 1 aromatic heterocycles. The molecule has 0 saturated heterocycles. The Balaban J connectivity index is 1.52. The number of hydrogen-bond acceptors (Lipinski definition) is 3. The predicted molar refractivity (Wildman–Crippen MR) is 94.7 cm³/mol.